The summed E-state index contributed by atoms with van der Waals surface area (Å²) in [5.41, 5.74) is 4.47. The van der Waals surface area contributed by atoms with Crippen LogP contribution in [-0.2, 0) is 17.6 Å². The summed E-state index contributed by atoms with van der Waals surface area (Å²) in [7, 11) is 0. The number of amides is 1. The number of rotatable bonds is 9. The highest BCUT2D eigenvalue weighted by Gasteiger charge is 2.24. The number of carbonyl (C=O) groups is 1. The third-order valence-electron chi connectivity index (χ3n) is 5.47. The maximum absolute atomic E-state index is 13.0. The second-order valence-electron chi connectivity index (χ2n) is 8.29. The maximum atomic E-state index is 13.0. The van der Waals surface area contributed by atoms with Gasteiger partial charge < -0.3 is 4.90 Å². The molecular formula is C25H33N5OS. The van der Waals surface area contributed by atoms with Crippen LogP contribution in [-0.4, -0.2) is 48.4 Å². The first kappa shape index (κ1) is 24.0. The second-order valence-corrected chi connectivity index (χ2v) is 9.23. The van der Waals surface area contributed by atoms with Crippen LogP contribution in [0.2, 0.25) is 0 Å². The van der Waals surface area contributed by atoms with Gasteiger partial charge in [0.15, 0.2) is 11.0 Å². The van der Waals surface area contributed by atoms with E-state index >= 15 is 0 Å². The molecule has 7 heteroatoms. The molecule has 2 aromatic heterocycles. The SMILES string of the molecule is CCc1cccc(CC)c1-n1c(SCC(=O)N(C(C)C)C(C)C)nnc1-c1cccnc1. The summed E-state index contributed by atoms with van der Waals surface area (Å²) in [5.74, 6) is 1.17. The quantitative estimate of drug-likeness (QED) is 0.419. The number of aryl methyl sites for hydroxylation is 2. The van der Waals surface area contributed by atoms with Gasteiger partial charge in [0.25, 0.3) is 0 Å². The summed E-state index contributed by atoms with van der Waals surface area (Å²) >= 11 is 1.44. The van der Waals surface area contributed by atoms with Gasteiger partial charge in [-0.3, -0.25) is 14.3 Å². The number of para-hydroxylation sites is 1. The standard InChI is InChI=1S/C25H33N5OS/c1-7-19-11-9-12-20(8-2)23(19)30-24(21-13-10-14-26-15-21)27-28-25(30)32-16-22(31)29(17(3)4)18(5)6/h9-15,17-18H,7-8,16H2,1-6H3. The Hall–Kier alpha value is -2.67. The first-order valence-electron chi connectivity index (χ1n) is 11.3. The molecule has 0 fully saturated rings. The van der Waals surface area contributed by atoms with Gasteiger partial charge in [-0.25, -0.2) is 0 Å². The lowest BCUT2D eigenvalue weighted by molar-refractivity contribution is -0.131. The Morgan fingerprint density at radius 2 is 1.66 bits per heavy atom. The van der Waals surface area contributed by atoms with E-state index in [1.807, 2.05) is 17.0 Å². The van der Waals surface area contributed by atoms with Crippen molar-refractivity contribution in [3.63, 3.8) is 0 Å². The number of benzene rings is 1. The molecule has 3 aromatic rings. The predicted molar refractivity (Wildman–Crippen MR) is 131 cm³/mol. The van der Waals surface area contributed by atoms with Crippen molar-refractivity contribution < 1.29 is 4.79 Å². The number of aromatic nitrogens is 4. The molecule has 1 amide bonds. The lowest BCUT2D eigenvalue weighted by Crippen LogP contribution is -2.43. The van der Waals surface area contributed by atoms with E-state index in [-0.39, 0.29) is 18.0 Å². The molecule has 0 bridgehead atoms. The number of hydrogen-bond donors (Lipinski definition) is 0. The van der Waals surface area contributed by atoms with Crippen molar-refractivity contribution in [3.8, 4) is 17.1 Å². The smallest absolute Gasteiger partial charge is 0.233 e. The Labute approximate surface area is 195 Å². The molecule has 6 nitrogen and oxygen atoms in total. The maximum Gasteiger partial charge on any atom is 0.233 e. The van der Waals surface area contributed by atoms with Crippen molar-refractivity contribution in [2.24, 2.45) is 0 Å². The number of nitrogens with zero attached hydrogens (tertiary/aromatic N) is 5. The second kappa shape index (κ2) is 10.8. The first-order valence-corrected chi connectivity index (χ1v) is 12.3. The van der Waals surface area contributed by atoms with Crippen LogP contribution in [0.25, 0.3) is 17.1 Å². The third kappa shape index (κ3) is 5.04. The van der Waals surface area contributed by atoms with Gasteiger partial charge in [0.05, 0.1) is 11.4 Å². The summed E-state index contributed by atoms with van der Waals surface area (Å²) in [6.07, 6.45) is 5.35. The number of pyridine rings is 1. The lowest BCUT2D eigenvalue weighted by Gasteiger charge is -2.30. The summed E-state index contributed by atoms with van der Waals surface area (Å²) in [6, 6.07) is 10.6. The highest BCUT2D eigenvalue weighted by molar-refractivity contribution is 7.99. The Bertz CT molecular complexity index is 1020. The highest BCUT2D eigenvalue weighted by Crippen LogP contribution is 2.32. The topological polar surface area (TPSA) is 63.9 Å². The summed E-state index contributed by atoms with van der Waals surface area (Å²) in [6.45, 7) is 12.5. The van der Waals surface area contributed by atoms with E-state index in [1.54, 1.807) is 12.4 Å². The minimum absolute atomic E-state index is 0.108. The molecule has 1 aromatic carbocycles. The molecule has 0 unspecified atom stereocenters. The van der Waals surface area contributed by atoms with Gasteiger partial charge in [-0.1, -0.05) is 43.8 Å². The Morgan fingerprint density at radius 3 is 2.19 bits per heavy atom. The predicted octanol–water partition coefficient (Wildman–Crippen LogP) is 5.19. The van der Waals surface area contributed by atoms with Crippen molar-refractivity contribution in [2.45, 2.75) is 71.6 Å². The highest BCUT2D eigenvalue weighted by atomic mass is 32.2. The van der Waals surface area contributed by atoms with Gasteiger partial charge in [-0.05, 0) is 63.8 Å². The Kier molecular flexibility index (Phi) is 8.07. The Balaban J connectivity index is 2.08. The van der Waals surface area contributed by atoms with Crippen LogP contribution in [0, 0.1) is 0 Å². The molecule has 0 saturated carbocycles. The molecule has 0 atom stereocenters. The molecule has 2 heterocycles. The van der Waals surface area contributed by atoms with Crippen molar-refractivity contribution in [1.82, 2.24) is 24.6 Å². The fourth-order valence-electron chi connectivity index (χ4n) is 4.12. The van der Waals surface area contributed by atoms with Crippen LogP contribution >= 0.6 is 11.8 Å². The Morgan fingerprint density at radius 1 is 1.00 bits per heavy atom. The van der Waals surface area contributed by atoms with E-state index in [2.05, 4.69) is 79.5 Å². The van der Waals surface area contributed by atoms with Gasteiger partial charge in [-0.15, -0.1) is 10.2 Å². The van der Waals surface area contributed by atoms with Crippen molar-refractivity contribution in [1.29, 1.82) is 0 Å². The van der Waals surface area contributed by atoms with Gasteiger partial charge in [0.2, 0.25) is 5.91 Å². The zero-order valence-corrected chi connectivity index (χ0v) is 20.7. The molecular weight excluding hydrogens is 418 g/mol. The number of thioether (sulfide) groups is 1. The molecule has 0 N–H and O–H groups in total. The molecule has 170 valence electrons. The van der Waals surface area contributed by atoms with Gasteiger partial charge in [0, 0.05) is 30.0 Å². The molecule has 32 heavy (non-hydrogen) atoms. The van der Waals surface area contributed by atoms with Crippen LogP contribution in [0.1, 0.15) is 52.7 Å². The average Bonchev–Trinajstić information content (AvgIpc) is 3.20. The number of carbonyl (C=O) groups excluding carboxylic acids is 1. The van der Waals surface area contributed by atoms with Gasteiger partial charge >= 0.3 is 0 Å². The molecule has 0 aliphatic heterocycles. The molecule has 0 aliphatic carbocycles. The minimum Gasteiger partial charge on any atom is -0.337 e. The summed E-state index contributed by atoms with van der Waals surface area (Å²) < 4.78 is 2.11. The van der Waals surface area contributed by atoms with Crippen molar-refractivity contribution in [2.75, 3.05) is 5.75 Å². The fourth-order valence-corrected chi connectivity index (χ4v) is 4.93. The van der Waals surface area contributed by atoms with Crippen LogP contribution in [0.15, 0.2) is 47.9 Å². The molecule has 3 rings (SSSR count). The van der Waals surface area contributed by atoms with Crippen molar-refractivity contribution >= 4 is 17.7 Å². The van der Waals surface area contributed by atoms with Gasteiger partial charge in [-0.2, -0.15) is 0 Å². The normalized spacial score (nSPS) is 11.4. The molecule has 0 radical (unpaired) electrons. The first-order chi connectivity index (χ1) is 15.4. The molecule has 0 saturated heterocycles. The van der Waals surface area contributed by atoms with Crippen LogP contribution in [0.3, 0.4) is 0 Å². The minimum atomic E-state index is 0.108. The largest absolute Gasteiger partial charge is 0.337 e. The van der Waals surface area contributed by atoms with E-state index in [1.165, 1.54) is 22.9 Å². The van der Waals surface area contributed by atoms with Crippen LogP contribution < -0.4 is 0 Å². The zero-order valence-electron chi connectivity index (χ0n) is 19.9. The van der Waals surface area contributed by atoms with E-state index in [9.17, 15) is 4.79 Å². The van der Waals surface area contributed by atoms with E-state index in [4.69, 9.17) is 0 Å². The fraction of sp³-hybridized carbons (Fsp3) is 0.440. The van der Waals surface area contributed by atoms with E-state index < -0.39 is 0 Å². The lowest BCUT2D eigenvalue weighted by atomic mass is 10.0. The van der Waals surface area contributed by atoms with Gasteiger partial charge in [0.1, 0.15) is 0 Å². The average molecular weight is 452 g/mol. The van der Waals surface area contributed by atoms with Crippen LogP contribution in [0.4, 0.5) is 0 Å². The summed E-state index contributed by atoms with van der Waals surface area (Å²) in [4.78, 5) is 19.2. The van der Waals surface area contributed by atoms with E-state index in [0.717, 1.165) is 35.1 Å². The molecule has 0 aliphatic rings. The van der Waals surface area contributed by atoms with Crippen molar-refractivity contribution in [3.05, 3.63) is 53.9 Å². The monoisotopic (exact) mass is 451 g/mol. The van der Waals surface area contributed by atoms with Crippen LogP contribution in [0.5, 0.6) is 0 Å². The molecule has 0 spiro atoms. The zero-order chi connectivity index (χ0) is 23.3. The number of hydrogen-bond acceptors (Lipinski definition) is 5. The van der Waals surface area contributed by atoms with E-state index in [0.29, 0.717) is 5.75 Å². The third-order valence-corrected chi connectivity index (χ3v) is 6.38. The summed E-state index contributed by atoms with van der Waals surface area (Å²) in [5, 5.41) is 9.77.